The number of aryl methyl sites for hydroxylation is 1. The Morgan fingerprint density at radius 3 is 2.52 bits per heavy atom. The molecule has 9 nitrogen and oxygen atoms in total. The number of rotatable bonds is 7. The summed E-state index contributed by atoms with van der Waals surface area (Å²) >= 11 is 0. The fourth-order valence-electron chi connectivity index (χ4n) is 3.56. The zero-order valence-electron chi connectivity index (χ0n) is 17.5. The SMILES string of the molecule is COc1cc(OC)cc(C(NC(=O)Cn2c(=O)[nH]c3ccccc32)c2nccn2C)c1. The Kier molecular flexibility index (Phi) is 5.48. The van der Waals surface area contributed by atoms with E-state index in [1.54, 1.807) is 44.8 Å². The lowest BCUT2D eigenvalue weighted by atomic mass is 10.0. The van der Waals surface area contributed by atoms with Crippen molar-refractivity contribution in [1.82, 2.24) is 24.4 Å². The molecule has 0 aliphatic heterocycles. The highest BCUT2D eigenvalue weighted by Crippen LogP contribution is 2.29. The molecule has 0 aliphatic carbocycles. The van der Waals surface area contributed by atoms with E-state index in [-0.39, 0.29) is 18.1 Å². The number of H-pyrrole nitrogens is 1. The second kappa shape index (κ2) is 8.39. The molecule has 2 heterocycles. The Morgan fingerprint density at radius 2 is 1.87 bits per heavy atom. The van der Waals surface area contributed by atoms with Gasteiger partial charge in [-0.25, -0.2) is 9.78 Å². The summed E-state index contributed by atoms with van der Waals surface area (Å²) in [4.78, 5) is 32.6. The van der Waals surface area contributed by atoms with E-state index in [1.165, 1.54) is 4.57 Å². The molecule has 0 bridgehead atoms. The van der Waals surface area contributed by atoms with E-state index in [4.69, 9.17) is 9.47 Å². The zero-order valence-corrected chi connectivity index (χ0v) is 17.5. The van der Waals surface area contributed by atoms with Gasteiger partial charge in [0.2, 0.25) is 5.91 Å². The van der Waals surface area contributed by atoms with Crippen molar-refractivity contribution in [2.45, 2.75) is 12.6 Å². The van der Waals surface area contributed by atoms with E-state index in [2.05, 4.69) is 15.3 Å². The number of aromatic nitrogens is 4. The van der Waals surface area contributed by atoms with E-state index in [0.717, 1.165) is 5.56 Å². The van der Waals surface area contributed by atoms with E-state index in [9.17, 15) is 9.59 Å². The third-order valence-electron chi connectivity index (χ3n) is 5.11. The number of hydrogen-bond donors (Lipinski definition) is 2. The minimum atomic E-state index is -0.572. The number of benzene rings is 2. The van der Waals surface area contributed by atoms with Gasteiger partial charge in [-0.2, -0.15) is 0 Å². The van der Waals surface area contributed by atoms with Crippen LogP contribution in [0.15, 0.2) is 59.7 Å². The predicted octanol–water partition coefficient (Wildman–Crippen LogP) is 1.99. The normalized spacial score (nSPS) is 12.0. The van der Waals surface area contributed by atoms with Gasteiger partial charge in [-0.1, -0.05) is 12.1 Å². The molecule has 2 aromatic heterocycles. The van der Waals surface area contributed by atoms with Crippen LogP contribution in [-0.4, -0.2) is 39.2 Å². The monoisotopic (exact) mass is 421 g/mol. The maximum absolute atomic E-state index is 13.0. The van der Waals surface area contributed by atoms with Crippen molar-refractivity contribution in [3.63, 3.8) is 0 Å². The number of nitrogens with one attached hydrogen (secondary N) is 2. The Hall–Kier alpha value is -4.01. The van der Waals surface area contributed by atoms with E-state index < -0.39 is 6.04 Å². The summed E-state index contributed by atoms with van der Waals surface area (Å²) in [5.74, 6) is 1.49. The lowest BCUT2D eigenvalue weighted by Gasteiger charge is -2.20. The number of nitrogens with zero attached hydrogens (tertiary/aromatic N) is 3. The number of carbonyl (C=O) groups excluding carboxylic acids is 1. The number of amides is 1. The van der Waals surface area contributed by atoms with Gasteiger partial charge in [-0.15, -0.1) is 0 Å². The third kappa shape index (κ3) is 4.02. The summed E-state index contributed by atoms with van der Waals surface area (Å²) < 4.78 is 14.0. The Bertz CT molecular complexity index is 1260. The van der Waals surface area contributed by atoms with Crippen LogP contribution in [0.2, 0.25) is 0 Å². The van der Waals surface area contributed by atoms with Crippen LogP contribution < -0.4 is 20.5 Å². The molecule has 0 spiro atoms. The molecule has 9 heteroatoms. The molecule has 2 aromatic carbocycles. The highest BCUT2D eigenvalue weighted by molar-refractivity contribution is 5.81. The van der Waals surface area contributed by atoms with Gasteiger partial charge in [0.1, 0.15) is 29.9 Å². The van der Waals surface area contributed by atoms with Crippen LogP contribution in [0.3, 0.4) is 0 Å². The maximum Gasteiger partial charge on any atom is 0.326 e. The van der Waals surface area contributed by atoms with Gasteiger partial charge >= 0.3 is 5.69 Å². The number of para-hydroxylation sites is 2. The average Bonchev–Trinajstić information content (AvgIpc) is 3.34. The number of aromatic amines is 1. The fourth-order valence-corrected chi connectivity index (χ4v) is 3.56. The van der Waals surface area contributed by atoms with Crippen LogP contribution in [0.1, 0.15) is 17.4 Å². The van der Waals surface area contributed by atoms with E-state index in [1.807, 2.05) is 35.9 Å². The second-order valence-electron chi connectivity index (χ2n) is 7.08. The Morgan fingerprint density at radius 1 is 1.16 bits per heavy atom. The fraction of sp³-hybridized carbons (Fsp3) is 0.227. The number of imidazole rings is 2. The molecular formula is C22H23N5O4. The van der Waals surface area contributed by atoms with Gasteiger partial charge in [0, 0.05) is 25.5 Å². The predicted molar refractivity (Wildman–Crippen MR) is 115 cm³/mol. The summed E-state index contributed by atoms with van der Waals surface area (Å²) in [6.07, 6.45) is 3.46. The molecule has 1 amide bonds. The Balaban J connectivity index is 1.69. The average molecular weight is 421 g/mol. The van der Waals surface area contributed by atoms with Gasteiger partial charge in [0.25, 0.3) is 0 Å². The number of ether oxygens (including phenoxy) is 2. The smallest absolute Gasteiger partial charge is 0.326 e. The molecule has 0 saturated carbocycles. The molecule has 0 saturated heterocycles. The quantitative estimate of drug-likeness (QED) is 0.475. The van der Waals surface area contributed by atoms with Crippen molar-refractivity contribution < 1.29 is 14.3 Å². The molecule has 1 unspecified atom stereocenters. The first-order valence-electron chi connectivity index (χ1n) is 9.67. The Labute approximate surface area is 178 Å². The molecule has 2 N–H and O–H groups in total. The number of carbonyl (C=O) groups is 1. The number of fused-ring (bicyclic) bond motifs is 1. The topological polar surface area (TPSA) is 103 Å². The summed E-state index contributed by atoms with van der Waals surface area (Å²) in [5, 5.41) is 3.00. The molecule has 0 fully saturated rings. The summed E-state index contributed by atoms with van der Waals surface area (Å²) in [5.41, 5.74) is 1.75. The molecule has 4 rings (SSSR count). The van der Waals surface area contributed by atoms with Gasteiger partial charge in [0.15, 0.2) is 0 Å². The molecule has 4 aromatic rings. The minimum Gasteiger partial charge on any atom is -0.497 e. The molecule has 160 valence electrons. The van der Waals surface area contributed by atoms with E-state index in [0.29, 0.717) is 28.4 Å². The zero-order chi connectivity index (χ0) is 22.0. The van der Waals surface area contributed by atoms with Crippen LogP contribution in [-0.2, 0) is 18.4 Å². The first-order valence-corrected chi connectivity index (χ1v) is 9.67. The summed E-state index contributed by atoms with van der Waals surface area (Å²) in [7, 11) is 4.98. The van der Waals surface area contributed by atoms with Crippen LogP contribution >= 0.6 is 0 Å². The molecule has 0 aliphatic rings. The van der Waals surface area contributed by atoms with Crippen LogP contribution in [0, 0.1) is 0 Å². The number of hydrogen-bond acceptors (Lipinski definition) is 5. The molecule has 0 radical (unpaired) electrons. The van der Waals surface area contributed by atoms with Crippen molar-refractivity contribution in [1.29, 1.82) is 0 Å². The van der Waals surface area contributed by atoms with Gasteiger partial charge in [-0.05, 0) is 29.8 Å². The molecule has 31 heavy (non-hydrogen) atoms. The standard InChI is InChI=1S/C22H23N5O4/c1-26-9-8-23-21(26)20(14-10-15(30-2)12-16(11-14)31-3)25-19(28)13-27-18-7-5-4-6-17(18)24-22(27)29/h4-12,20H,13H2,1-3H3,(H,24,29)(H,25,28). The maximum atomic E-state index is 13.0. The first-order chi connectivity index (χ1) is 15.0. The lowest BCUT2D eigenvalue weighted by Crippen LogP contribution is -2.35. The molecular weight excluding hydrogens is 398 g/mol. The third-order valence-corrected chi connectivity index (χ3v) is 5.11. The van der Waals surface area contributed by atoms with E-state index >= 15 is 0 Å². The van der Waals surface area contributed by atoms with Crippen LogP contribution in [0.4, 0.5) is 0 Å². The summed E-state index contributed by atoms with van der Waals surface area (Å²) in [6, 6.07) is 12.1. The van der Waals surface area contributed by atoms with Crippen molar-refractivity contribution in [2.75, 3.05) is 14.2 Å². The van der Waals surface area contributed by atoms with Gasteiger partial charge in [0.05, 0.1) is 25.3 Å². The largest absolute Gasteiger partial charge is 0.497 e. The van der Waals surface area contributed by atoms with Crippen molar-refractivity contribution in [3.8, 4) is 11.5 Å². The highest BCUT2D eigenvalue weighted by Gasteiger charge is 2.23. The number of methoxy groups -OCH3 is 2. The minimum absolute atomic E-state index is 0.134. The lowest BCUT2D eigenvalue weighted by molar-refractivity contribution is -0.122. The first kappa shape index (κ1) is 20.3. The molecule has 1 atom stereocenters. The van der Waals surface area contributed by atoms with Crippen molar-refractivity contribution in [3.05, 3.63) is 76.7 Å². The van der Waals surface area contributed by atoms with Crippen LogP contribution in [0.5, 0.6) is 11.5 Å². The van der Waals surface area contributed by atoms with Gasteiger partial charge in [-0.3, -0.25) is 9.36 Å². The summed E-state index contributed by atoms with van der Waals surface area (Å²) in [6.45, 7) is -0.134. The van der Waals surface area contributed by atoms with Crippen molar-refractivity contribution >= 4 is 16.9 Å². The van der Waals surface area contributed by atoms with Gasteiger partial charge < -0.3 is 24.3 Å². The second-order valence-corrected chi connectivity index (χ2v) is 7.08. The van der Waals surface area contributed by atoms with Crippen LogP contribution in [0.25, 0.3) is 11.0 Å². The van der Waals surface area contributed by atoms with Crippen molar-refractivity contribution in [2.24, 2.45) is 7.05 Å². The highest BCUT2D eigenvalue weighted by atomic mass is 16.5.